The number of carboxylic acids is 1. The zero-order chi connectivity index (χ0) is 49.0. The first kappa shape index (κ1) is 51.3. The third kappa shape index (κ3) is 16.7. The molecular formula is C47H49FN8O10. The maximum Gasteiger partial charge on any atom is 0.412 e. The molecule has 0 saturated carbocycles. The Labute approximate surface area is 379 Å². The van der Waals surface area contributed by atoms with Crippen LogP contribution < -0.4 is 48.4 Å². The Balaban J connectivity index is 0.000000249. The fourth-order valence-electron chi connectivity index (χ4n) is 5.25. The Hall–Kier alpha value is -9.05. The van der Waals surface area contributed by atoms with Crippen LogP contribution in [0.5, 0.6) is 11.5 Å². The van der Waals surface area contributed by atoms with Gasteiger partial charge >= 0.3 is 12.1 Å². The van der Waals surface area contributed by atoms with Gasteiger partial charge in [-0.15, -0.1) is 0 Å². The van der Waals surface area contributed by atoms with Crippen LogP contribution in [0, 0.1) is 17.1 Å². The maximum atomic E-state index is 13.6. The minimum Gasteiger partial charge on any atom is -0.495 e. The van der Waals surface area contributed by atoms with Crippen molar-refractivity contribution in [1.29, 1.82) is 5.26 Å². The van der Waals surface area contributed by atoms with Gasteiger partial charge in [0.2, 0.25) is 11.7 Å². The number of para-hydroxylation sites is 1. The SMILES string of the molecule is CC(C)(C)OC(=O)Nc1ccc(NC(=O)c2ccccc2N)cc1.COc1cc(NC(=O)c2ccccc2F)c(OC)cc1N.N#Cc1cc(N)ccc1CC(N)=O.O=C(O)c1ccco1. The molecule has 18 nitrogen and oxygen atoms in total. The number of nitrogens with zero attached hydrogens (tertiary/aromatic N) is 1. The number of rotatable bonds is 10. The van der Waals surface area contributed by atoms with Crippen LogP contribution in [-0.4, -0.2) is 54.7 Å². The number of carboxylic acid groups (broad SMARTS) is 1. The number of nitrogens with one attached hydrogen (secondary N) is 3. The molecule has 0 aliphatic rings. The van der Waals surface area contributed by atoms with Crippen molar-refractivity contribution in [2.24, 2.45) is 5.73 Å². The summed E-state index contributed by atoms with van der Waals surface area (Å²) in [6.07, 6.45) is 0.864. The molecule has 19 heteroatoms. The first-order chi connectivity index (χ1) is 31.2. The van der Waals surface area contributed by atoms with E-state index in [4.69, 9.17) is 47.5 Å². The van der Waals surface area contributed by atoms with Crippen molar-refractivity contribution in [1.82, 2.24) is 0 Å². The summed E-state index contributed by atoms with van der Waals surface area (Å²) in [6.45, 7) is 5.38. The summed E-state index contributed by atoms with van der Waals surface area (Å²) in [7, 11) is 2.90. The lowest BCUT2D eigenvalue weighted by molar-refractivity contribution is -0.117. The van der Waals surface area contributed by atoms with Gasteiger partial charge in [0.15, 0.2) is 0 Å². The Morgan fingerprint density at radius 1 is 0.727 bits per heavy atom. The molecule has 0 spiro atoms. The molecule has 5 aromatic carbocycles. The van der Waals surface area contributed by atoms with Crippen LogP contribution >= 0.6 is 0 Å². The van der Waals surface area contributed by atoms with E-state index in [0.717, 1.165) is 0 Å². The summed E-state index contributed by atoms with van der Waals surface area (Å²) in [5.74, 6) is -2.24. The number of nitrogens with two attached hydrogens (primary N) is 4. The number of halogens is 1. The van der Waals surface area contributed by atoms with Crippen LogP contribution in [-0.2, 0) is 16.0 Å². The summed E-state index contributed by atoms with van der Waals surface area (Å²) < 4.78 is 33.5. The van der Waals surface area contributed by atoms with Crippen molar-refractivity contribution in [3.05, 3.63) is 155 Å². The zero-order valence-corrected chi connectivity index (χ0v) is 36.5. The average Bonchev–Trinajstić information content (AvgIpc) is 3.82. The van der Waals surface area contributed by atoms with Crippen LogP contribution in [0.1, 0.15) is 63.2 Å². The molecule has 6 rings (SSSR count). The van der Waals surface area contributed by atoms with E-state index < -0.39 is 35.3 Å². The van der Waals surface area contributed by atoms with Gasteiger partial charge in [0, 0.05) is 34.9 Å². The van der Waals surface area contributed by atoms with Gasteiger partial charge in [-0.3, -0.25) is 19.7 Å². The first-order valence-electron chi connectivity index (χ1n) is 19.4. The van der Waals surface area contributed by atoms with Gasteiger partial charge < -0.3 is 57.3 Å². The van der Waals surface area contributed by atoms with E-state index in [9.17, 15) is 28.4 Å². The number of methoxy groups -OCH3 is 2. The van der Waals surface area contributed by atoms with E-state index in [2.05, 4.69) is 20.4 Å². The molecule has 1 heterocycles. The van der Waals surface area contributed by atoms with Crippen LogP contribution in [0.2, 0.25) is 0 Å². The smallest absolute Gasteiger partial charge is 0.412 e. The summed E-state index contributed by atoms with van der Waals surface area (Å²) in [5, 5.41) is 24.8. The van der Waals surface area contributed by atoms with Crippen molar-refractivity contribution >= 4 is 63.9 Å². The van der Waals surface area contributed by atoms with Crippen LogP contribution in [0.3, 0.4) is 0 Å². The first-order valence-corrected chi connectivity index (χ1v) is 19.4. The number of hydrogen-bond acceptors (Lipinski definition) is 13. The number of carbonyl (C=O) groups is 5. The summed E-state index contributed by atoms with van der Waals surface area (Å²) >= 11 is 0. The van der Waals surface area contributed by atoms with E-state index in [-0.39, 0.29) is 23.7 Å². The molecular weight excluding hydrogens is 856 g/mol. The molecule has 0 unspecified atom stereocenters. The van der Waals surface area contributed by atoms with Crippen LogP contribution in [0.25, 0.3) is 0 Å². The Bertz CT molecular complexity index is 2660. The number of nitriles is 1. The lowest BCUT2D eigenvalue weighted by Crippen LogP contribution is -2.27. The van der Waals surface area contributed by atoms with Gasteiger partial charge in [-0.25, -0.2) is 14.0 Å². The van der Waals surface area contributed by atoms with Crippen LogP contribution in [0.15, 0.2) is 126 Å². The largest absolute Gasteiger partial charge is 0.495 e. The normalized spacial score (nSPS) is 10.0. The van der Waals surface area contributed by atoms with Gasteiger partial charge in [0.05, 0.1) is 61.0 Å². The third-order valence-corrected chi connectivity index (χ3v) is 8.26. The lowest BCUT2D eigenvalue weighted by atomic mass is 10.0. The Morgan fingerprint density at radius 2 is 1.32 bits per heavy atom. The van der Waals surface area contributed by atoms with E-state index in [0.29, 0.717) is 62.3 Å². The molecule has 12 N–H and O–H groups in total. The number of carbonyl (C=O) groups excluding carboxylic acids is 4. The summed E-state index contributed by atoms with van der Waals surface area (Å²) in [5.41, 5.74) is 25.6. The van der Waals surface area contributed by atoms with Gasteiger partial charge in [-0.05, 0) is 99.1 Å². The maximum absolute atomic E-state index is 13.6. The number of furan rings is 1. The predicted molar refractivity (Wildman–Crippen MR) is 248 cm³/mol. The highest BCUT2D eigenvalue weighted by molar-refractivity contribution is 6.08. The van der Waals surface area contributed by atoms with E-state index in [1.165, 1.54) is 69.0 Å². The highest BCUT2D eigenvalue weighted by atomic mass is 19.1. The zero-order valence-electron chi connectivity index (χ0n) is 36.5. The number of aromatic carboxylic acids is 1. The molecule has 4 amide bonds. The lowest BCUT2D eigenvalue weighted by Gasteiger charge is -2.19. The second kappa shape index (κ2) is 24.6. The molecule has 1 aromatic heterocycles. The molecule has 0 fully saturated rings. The second-order valence-electron chi connectivity index (χ2n) is 14.4. The number of amides is 4. The van der Waals surface area contributed by atoms with Crippen molar-refractivity contribution < 1.29 is 52.1 Å². The second-order valence-corrected chi connectivity index (χ2v) is 14.4. The van der Waals surface area contributed by atoms with Gasteiger partial charge in [0.1, 0.15) is 22.9 Å². The number of nitrogen functional groups attached to an aromatic ring is 3. The van der Waals surface area contributed by atoms with E-state index >= 15 is 0 Å². The fraction of sp³-hybridized carbons (Fsp3) is 0.149. The third-order valence-electron chi connectivity index (χ3n) is 8.26. The van der Waals surface area contributed by atoms with Crippen molar-refractivity contribution in [3.8, 4) is 17.6 Å². The highest BCUT2D eigenvalue weighted by Crippen LogP contribution is 2.35. The Morgan fingerprint density at radius 3 is 1.83 bits per heavy atom. The molecule has 0 aliphatic heterocycles. The minimum absolute atomic E-state index is 0.0231. The standard InChI is InChI=1S/C18H21N3O3.C15H15FN2O3.C9H9N3O.C5H4O3/c1-18(2,3)24-17(23)21-13-10-8-12(9-11-13)20-16(22)14-6-4-5-7-15(14)19;1-20-13-8-12(14(21-2)7-11(13)17)18-15(19)9-5-3-4-6-10(9)16;10-5-7-3-8(11)2-1-6(7)4-9(12)13;6-5(7)4-2-1-3-8-4/h4-11H,19H2,1-3H3,(H,20,22)(H,21,23);3-8H,17H2,1-2H3,(H,18,19);1-3H,4,11H2,(H2,12,13);1-3H,(H,6,7). The van der Waals surface area contributed by atoms with Gasteiger partial charge in [0.25, 0.3) is 11.8 Å². The molecule has 344 valence electrons. The quantitative estimate of drug-likeness (QED) is 0.0611. The number of benzene rings is 5. The van der Waals surface area contributed by atoms with Crippen molar-refractivity contribution in [3.63, 3.8) is 0 Å². The average molecular weight is 905 g/mol. The van der Waals surface area contributed by atoms with Crippen molar-refractivity contribution in [2.45, 2.75) is 32.8 Å². The monoisotopic (exact) mass is 904 g/mol. The number of hydrogen-bond donors (Lipinski definition) is 8. The molecule has 0 atom stereocenters. The highest BCUT2D eigenvalue weighted by Gasteiger charge is 2.17. The summed E-state index contributed by atoms with van der Waals surface area (Å²) in [6, 6.07) is 32.0. The molecule has 0 aliphatic carbocycles. The predicted octanol–water partition coefficient (Wildman–Crippen LogP) is 7.69. The van der Waals surface area contributed by atoms with E-state index in [1.807, 2.05) is 6.07 Å². The summed E-state index contributed by atoms with van der Waals surface area (Å²) in [4.78, 5) is 56.6. The van der Waals surface area contributed by atoms with E-state index in [1.54, 1.807) is 87.5 Å². The molecule has 66 heavy (non-hydrogen) atoms. The Kier molecular flexibility index (Phi) is 19.1. The topological polar surface area (TPSA) is 310 Å². The number of primary amides is 1. The molecule has 6 aromatic rings. The number of anilines is 6. The number of ether oxygens (including phenoxy) is 3. The van der Waals surface area contributed by atoms with Crippen LogP contribution in [0.4, 0.5) is 43.3 Å². The fourth-order valence-corrected chi connectivity index (χ4v) is 5.25. The van der Waals surface area contributed by atoms with Crippen molar-refractivity contribution in [2.75, 3.05) is 47.4 Å². The molecule has 0 saturated heterocycles. The molecule has 0 radical (unpaired) electrons. The van der Waals surface area contributed by atoms with Gasteiger partial charge in [-0.2, -0.15) is 5.26 Å². The minimum atomic E-state index is -1.03. The van der Waals surface area contributed by atoms with Gasteiger partial charge in [-0.1, -0.05) is 30.3 Å². The molecule has 0 bridgehead atoms.